The van der Waals surface area contributed by atoms with Crippen LogP contribution in [0.25, 0.3) is 5.57 Å². The van der Waals surface area contributed by atoms with E-state index in [4.69, 9.17) is 0 Å². The van der Waals surface area contributed by atoms with Gasteiger partial charge in [0.2, 0.25) is 0 Å². The van der Waals surface area contributed by atoms with E-state index in [1.54, 1.807) is 0 Å². The third kappa shape index (κ3) is 5.49. The van der Waals surface area contributed by atoms with Gasteiger partial charge in [0, 0.05) is 25.2 Å². The van der Waals surface area contributed by atoms with Crippen molar-refractivity contribution in [3.8, 4) is 6.07 Å². The molecule has 2 N–H and O–H groups in total. The van der Waals surface area contributed by atoms with Gasteiger partial charge in [0.25, 0.3) is 0 Å². The van der Waals surface area contributed by atoms with Crippen molar-refractivity contribution in [1.82, 2.24) is 15.5 Å². The van der Waals surface area contributed by atoms with Gasteiger partial charge in [-0.25, -0.2) is 0 Å². The van der Waals surface area contributed by atoms with Crippen LogP contribution in [0.3, 0.4) is 0 Å². The van der Waals surface area contributed by atoms with Crippen molar-refractivity contribution in [2.45, 2.75) is 45.1 Å². The quantitative estimate of drug-likeness (QED) is 0.656. The van der Waals surface area contributed by atoms with Crippen molar-refractivity contribution < 1.29 is 0 Å². The van der Waals surface area contributed by atoms with Crippen LogP contribution in [0.15, 0.2) is 72.1 Å². The van der Waals surface area contributed by atoms with E-state index in [2.05, 4.69) is 96.2 Å². The van der Waals surface area contributed by atoms with Gasteiger partial charge in [0.05, 0.1) is 12.5 Å². The van der Waals surface area contributed by atoms with Crippen LogP contribution >= 0.6 is 0 Å². The number of rotatable bonds is 6. The molecule has 1 unspecified atom stereocenters. The van der Waals surface area contributed by atoms with Crippen LogP contribution in [-0.2, 0) is 6.42 Å². The van der Waals surface area contributed by atoms with E-state index >= 15 is 0 Å². The predicted octanol–water partition coefficient (Wildman–Crippen LogP) is 5.10. The van der Waals surface area contributed by atoms with Gasteiger partial charge in [0.1, 0.15) is 5.82 Å². The lowest BCUT2D eigenvalue weighted by atomic mass is 9.85. The van der Waals surface area contributed by atoms with E-state index < -0.39 is 0 Å². The van der Waals surface area contributed by atoms with Crippen molar-refractivity contribution in [3.63, 3.8) is 0 Å². The Morgan fingerprint density at radius 1 is 1.00 bits per heavy atom. The van der Waals surface area contributed by atoms with E-state index in [1.807, 2.05) is 0 Å². The van der Waals surface area contributed by atoms with Crippen LogP contribution in [0.1, 0.15) is 49.3 Å². The summed E-state index contributed by atoms with van der Waals surface area (Å²) in [4.78, 5) is 2.43. The predicted molar refractivity (Wildman–Crippen MR) is 136 cm³/mol. The average Bonchev–Trinajstić information content (AvgIpc) is 2.86. The molecule has 2 aliphatic rings. The van der Waals surface area contributed by atoms with Gasteiger partial charge < -0.3 is 15.5 Å². The second-order valence-corrected chi connectivity index (χ2v) is 9.20. The largest absolute Gasteiger partial charge is 0.371 e. The molecule has 4 nitrogen and oxygen atoms in total. The summed E-state index contributed by atoms with van der Waals surface area (Å²) in [6, 6.07) is 22.4. The van der Waals surface area contributed by atoms with Gasteiger partial charge in [-0.3, -0.25) is 0 Å². The molecule has 2 heterocycles. The second kappa shape index (κ2) is 11.2. The maximum absolute atomic E-state index is 9.70. The molecule has 0 amide bonds. The molecule has 0 bridgehead atoms. The number of allylic oxidation sites excluding steroid dienone is 3. The highest BCUT2D eigenvalue weighted by molar-refractivity contribution is 5.80. The highest BCUT2D eigenvalue weighted by Gasteiger charge is 2.32. The van der Waals surface area contributed by atoms with E-state index in [0.29, 0.717) is 18.4 Å². The van der Waals surface area contributed by atoms with Crippen molar-refractivity contribution >= 4 is 5.57 Å². The first-order chi connectivity index (χ1) is 16.2. The number of hydrogen-bond acceptors (Lipinski definition) is 4. The molecular weight excluding hydrogens is 404 g/mol. The molecule has 2 aliphatic heterocycles. The summed E-state index contributed by atoms with van der Waals surface area (Å²) in [7, 11) is 2.21. The lowest BCUT2D eigenvalue weighted by Gasteiger charge is -2.44. The Hall–Kier alpha value is -3.03. The van der Waals surface area contributed by atoms with E-state index in [0.717, 1.165) is 49.4 Å². The Labute approximate surface area is 199 Å². The summed E-state index contributed by atoms with van der Waals surface area (Å²) in [5.74, 6) is 1.84. The molecule has 0 radical (unpaired) electrons. The molecular formula is C29H36N4. The molecule has 4 rings (SSSR count). The number of hydrogen-bond donors (Lipinski definition) is 2. The molecule has 4 heteroatoms. The van der Waals surface area contributed by atoms with Crippen LogP contribution in [0.5, 0.6) is 0 Å². The van der Waals surface area contributed by atoms with Gasteiger partial charge in [-0.15, -0.1) is 0 Å². The minimum absolute atomic E-state index is 0.400. The van der Waals surface area contributed by atoms with Crippen LogP contribution in [0.2, 0.25) is 0 Å². The van der Waals surface area contributed by atoms with Crippen molar-refractivity contribution in [2.24, 2.45) is 5.92 Å². The molecule has 0 aliphatic carbocycles. The Morgan fingerprint density at radius 2 is 1.70 bits per heavy atom. The fourth-order valence-corrected chi connectivity index (χ4v) is 5.46. The molecule has 33 heavy (non-hydrogen) atoms. The molecule has 1 atom stereocenters. The topological polar surface area (TPSA) is 51.1 Å². The number of piperidine rings is 1. The van der Waals surface area contributed by atoms with E-state index in [9.17, 15) is 5.26 Å². The summed E-state index contributed by atoms with van der Waals surface area (Å²) in [6.07, 6.45) is 7.11. The van der Waals surface area contributed by atoms with Crippen molar-refractivity contribution in [2.75, 3.05) is 26.7 Å². The number of nitriles is 1. The van der Waals surface area contributed by atoms with Gasteiger partial charge in [-0.05, 0) is 73.9 Å². The SMILES string of the molecule is C/C=C(\C(CC#N)=C1\NCCC(C2CCNCC2)N1C)c1ccc(Cc2ccccc2)cc1. The van der Waals surface area contributed by atoms with Crippen molar-refractivity contribution in [3.05, 3.63) is 88.8 Å². The smallest absolute Gasteiger partial charge is 0.106 e. The zero-order chi connectivity index (χ0) is 23.0. The summed E-state index contributed by atoms with van der Waals surface area (Å²) < 4.78 is 0. The molecule has 0 aromatic heterocycles. The van der Waals surface area contributed by atoms with Crippen molar-refractivity contribution in [1.29, 1.82) is 5.26 Å². The molecule has 2 aromatic rings. The Bertz CT molecular complexity index is 1010. The molecule has 0 spiro atoms. The minimum atomic E-state index is 0.400. The summed E-state index contributed by atoms with van der Waals surface area (Å²) in [6.45, 7) is 5.28. The van der Waals surface area contributed by atoms with E-state index in [1.165, 1.54) is 29.5 Å². The molecule has 0 saturated carbocycles. The number of benzene rings is 2. The second-order valence-electron chi connectivity index (χ2n) is 9.20. The highest BCUT2D eigenvalue weighted by Crippen LogP contribution is 2.33. The van der Waals surface area contributed by atoms with Crippen LogP contribution in [0, 0.1) is 17.2 Å². The summed E-state index contributed by atoms with van der Waals surface area (Å²) in [5, 5.41) is 16.8. The van der Waals surface area contributed by atoms with Gasteiger partial charge in [-0.1, -0.05) is 60.7 Å². The first-order valence-electron chi connectivity index (χ1n) is 12.3. The number of nitrogens with zero attached hydrogens (tertiary/aromatic N) is 2. The average molecular weight is 441 g/mol. The van der Waals surface area contributed by atoms with Crippen LogP contribution < -0.4 is 10.6 Å². The monoisotopic (exact) mass is 440 g/mol. The Kier molecular flexibility index (Phi) is 7.86. The fourth-order valence-electron chi connectivity index (χ4n) is 5.46. The van der Waals surface area contributed by atoms with Gasteiger partial charge in [-0.2, -0.15) is 5.26 Å². The normalized spacial score (nSPS) is 21.3. The molecule has 172 valence electrons. The minimum Gasteiger partial charge on any atom is -0.371 e. The Balaban J connectivity index is 1.60. The summed E-state index contributed by atoms with van der Waals surface area (Å²) in [5.41, 5.74) is 6.06. The highest BCUT2D eigenvalue weighted by atomic mass is 15.3. The molecule has 2 aromatic carbocycles. The maximum Gasteiger partial charge on any atom is 0.106 e. The number of nitrogens with one attached hydrogen (secondary N) is 2. The van der Waals surface area contributed by atoms with Crippen LogP contribution in [-0.4, -0.2) is 37.6 Å². The van der Waals surface area contributed by atoms with Gasteiger partial charge >= 0.3 is 0 Å². The third-order valence-corrected chi connectivity index (χ3v) is 7.18. The molecule has 2 saturated heterocycles. The Morgan fingerprint density at radius 3 is 2.36 bits per heavy atom. The molecule has 2 fully saturated rings. The third-order valence-electron chi connectivity index (χ3n) is 7.18. The first kappa shape index (κ1) is 23.1. The standard InChI is InChI=1S/C29H36N4/c1-3-26(24-11-9-23(10-12-24)21-22-7-5-4-6-8-22)27(13-17-30)29-32-20-16-28(33(29)2)25-14-18-31-19-15-25/h3-12,25,28,31-32H,13-16,18-21H2,1-2H3/b26-3-,29-27-. The fraction of sp³-hybridized carbons (Fsp3) is 0.414. The lowest BCUT2D eigenvalue weighted by molar-refractivity contribution is 0.141. The lowest BCUT2D eigenvalue weighted by Crippen LogP contribution is -2.50. The van der Waals surface area contributed by atoms with Crippen LogP contribution in [0.4, 0.5) is 0 Å². The first-order valence-corrected chi connectivity index (χ1v) is 12.3. The zero-order valence-corrected chi connectivity index (χ0v) is 20.0. The van der Waals surface area contributed by atoms with Gasteiger partial charge in [0.15, 0.2) is 0 Å². The summed E-state index contributed by atoms with van der Waals surface area (Å²) >= 11 is 0. The zero-order valence-electron chi connectivity index (χ0n) is 20.0. The van der Waals surface area contributed by atoms with E-state index in [-0.39, 0.29) is 0 Å². The maximum atomic E-state index is 9.70.